The number of rotatable bonds is 4. The maximum Gasteiger partial charge on any atom is 0.227 e. The molecule has 0 unspecified atom stereocenters. The van der Waals surface area contributed by atoms with E-state index in [2.05, 4.69) is 20.4 Å². The van der Waals surface area contributed by atoms with Gasteiger partial charge in [0, 0.05) is 41.3 Å². The number of phenols is 1. The predicted octanol–water partition coefficient (Wildman–Crippen LogP) is 4.65. The summed E-state index contributed by atoms with van der Waals surface area (Å²) in [4.78, 5) is 8.90. The van der Waals surface area contributed by atoms with E-state index in [-0.39, 0.29) is 5.75 Å². The van der Waals surface area contributed by atoms with Gasteiger partial charge in [0.15, 0.2) is 0 Å². The smallest absolute Gasteiger partial charge is 0.227 e. The lowest BCUT2D eigenvalue weighted by Gasteiger charge is -2.07. The molecular weight excluding hydrogens is 362 g/mol. The highest BCUT2D eigenvalue weighted by molar-refractivity contribution is 6.31. The van der Waals surface area contributed by atoms with Crippen LogP contribution in [0.3, 0.4) is 0 Å². The molecule has 27 heavy (non-hydrogen) atoms. The Hall–Kier alpha value is -3.38. The average molecular weight is 378 g/mol. The summed E-state index contributed by atoms with van der Waals surface area (Å²) < 4.78 is 1.70. The lowest BCUT2D eigenvalue weighted by Crippen LogP contribution is -1.97. The van der Waals surface area contributed by atoms with Gasteiger partial charge in [-0.1, -0.05) is 29.8 Å². The van der Waals surface area contributed by atoms with Crippen LogP contribution in [0, 0.1) is 0 Å². The Morgan fingerprint density at radius 2 is 1.89 bits per heavy atom. The summed E-state index contributed by atoms with van der Waals surface area (Å²) in [7, 11) is 1.84. The molecule has 2 N–H and O–H groups in total. The van der Waals surface area contributed by atoms with Gasteiger partial charge >= 0.3 is 0 Å². The van der Waals surface area contributed by atoms with Gasteiger partial charge in [0.2, 0.25) is 5.95 Å². The van der Waals surface area contributed by atoms with Crippen LogP contribution in [-0.2, 0) is 7.05 Å². The third-order valence-electron chi connectivity index (χ3n) is 3.95. The molecule has 0 aliphatic carbocycles. The van der Waals surface area contributed by atoms with Crippen molar-refractivity contribution in [2.75, 3.05) is 5.32 Å². The van der Waals surface area contributed by atoms with E-state index in [9.17, 15) is 5.11 Å². The number of hydrogen-bond donors (Lipinski definition) is 2. The summed E-state index contributed by atoms with van der Waals surface area (Å²) >= 11 is 6.09. The molecule has 4 aromatic rings. The number of benzene rings is 2. The fraction of sp³-hybridized carbons (Fsp3) is 0.0500. The van der Waals surface area contributed by atoms with Crippen LogP contribution in [0.2, 0.25) is 5.02 Å². The first kappa shape index (κ1) is 17.1. The van der Waals surface area contributed by atoms with Crippen LogP contribution in [0.15, 0.2) is 67.0 Å². The third kappa shape index (κ3) is 3.75. The summed E-state index contributed by atoms with van der Waals surface area (Å²) in [5.41, 5.74) is 3.83. The van der Waals surface area contributed by atoms with Crippen LogP contribution in [0.4, 0.5) is 11.6 Å². The van der Waals surface area contributed by atoms with Gasteiger partial charge in [0.1, 0.15) is 11.4 Å². The number of aryl methyl sites for hydroxylation is 1. The van der Waals surface area contributed by atoms with Crippen LogP contribution in [0.5, 0.6) is 5.75 Å². The minimum Gasteiger partial charge on any atom is -0.508 e. The SMILES string of the molecule is Cn1cc(-c2ccnc(Nc3ccccc3)n2)c(-c2cc(O)cc(Cl)c2)n1. The fourth-order valence-electron chi connectivity index (χ4n) is 2.82. The monoisotopic (exact) mass is 377 g/mol. The van der Waals surface area contributed by atoms with E-state index < -0.39 is 0 Å². The number of nitrogens with one attached hydrogen (secondary N) is 1. The van der Waals surface area contributed by atoms with Crippen LogP contribution >= 0.6 is 11.6 Å². The molecule has 0 saturated heterocycles. The van der Waals surface area contributed by atoms with Gasteiger partial charge in [-0.2, -0.15) is 5.10 Å². The number of phenolic OH excluding ortho intramolecular Hbond substituents is 1. The van der Waals surface area contributed by atoms with E-state index in [0.717, 1.165) is 11.3 Å². The molecule has 0 amide bonds. The number of nitrogens with zero attached hydrogens (tertiary/aromatic N) is 4. The molecule has 0 fully saturated rings. The molecule has 4 rings (SSSR count). The van der Waals surface area contributed by atoms with Gasteiger partial charge < -0.3 is 10.4 Å². The number of aromatic nitrogens is 4. The van der Waals surface area contributed by atoms with Crippen LogP contribution < -0.4 is 5.32 Å². The maximum absolute atomic E-state index is 9.88. The number of hydrogen-bond acceptors (Lipinski definition) is 5. The van der Waals surface area contributed by atoms with Gasteiger partial charge in [-0.05, 0) is 36.4 Å². The summed E-state index contributed by atoms with van der Waals surface area (Å²) in [6.07, 6.45) is 3.57. The minimum atomic E-state index is 0.0863. The van der Waals surface area contributed by atoms with Crippen LogP contribution in [-0.4, -0.2) is 24.9 Å². The summed E-state index contributed by atoms with van der Waals surface area (Å²) in [5.74, 6) is 0.575. The zero-order valence-corrected chi connectivity index (χ0v) is 15.2. The molecule has 6 nitrogen and oxygen atoms in total. The number of aromatic hydroxyl groups is 1. The summed E-state index contributed by atoms with van der Waals surface area (Å²) in [6, 6.07) is 16.4. The minimum absolute atomic E-state index is 0.0863. The second-order valence-electron chi connectivity index (χ2n) is 6.02. The number of para-hydroxylation sites is 1. The second kappa shape index (κ2) is 7.09. The molecule has 0 atom stereocenters. The molecule has 0 aliphatic rings. The normalized spacial score (nSPS) is 10.7. The van der Waals surface area contributed by atoms with Crippen molar-refractivity contribution in [2.45, 2.75) is 0 Å². The Bertz CT molecular complexity index is 1070. The molecule has 134 valence electrons. The van der Waals surface area contributed by atoms with Crippen LogP contribution in [0.25, 0.3) is 22.5 Å². The molecule has 0 radical (unpaired) electrons. The van der Waals surface area contributed by atoms with Crippen molar-refractivity contribution in [1.82, 2.24) is 19.7 Å². The van der Waals surface area contributed by atoms with Crippen LogP contribution in [0.1, 0.15) is 0 Å². The predicted molar refractivity (Wildman–Crippen MR) is 106 cm³/mol. The second-order valence-corrected chi connectivity index (χ2v) is 6.46. The topological polar surface area (TPSA) is 75.9 Å². The highest BCUT2D eigenvalue weighted by Gasteiger charge is 2.15. The molecule has 0 aliphatic heterocycles. The Morgan fingerprint density at radius 3 is 2.67 bits per heavy atom. The van der Waals surface area contributed by atoms with Gasteiger partial charge in [-0.15, -0.1) is 0 Å². The standard InChI is InChI=1S/C20H16ClN5O/c1-26-12-17(19(25-26)13-9-14(21)11-16(27)10-13)18-7-8-22-20(24-18)23-15-5-3-2-4-6-15/h2-12,27H,1H3,(H,22,23,24). The molecule has 0 saturated carbocycles. The highest BCUT2D eigenvalue weighted by atomic mass is 35.5. The van der Waals surface area contributed by atoms with Crippen molar-refractivity contribution in [3.8, 4) is 28.3 Å². The Morgan fingerprint density at radius 1 is 1.07 bits per heavy atom. The first-order chi connectivity index (χ1) is 13.1. The molecule has 0 bridgehead atoms. The Balaban J connectivity index is 1.75. The highest BCUT2D eigenvalue weighted by Crippen LogP contribution is 2.33. The van der Waals surface area contributed by atoms with E-state index in [1.54, 1.807) is 23.0 Å². The first-order valence-electron chi connectivity index (χ1n) is 8.27. The first-order valence-corrected chi connectivity index (χ1v) is 8.65. The van der Waals surface area contributed by atoms with Gasteiger partial charge in [0.25, 0.3) is 0 Å². The molecule has 7 heteroatoms. The van der Waals surface area contributed by atoms with Gasteiger partial charge in [-0.25, -0.2) is 9.97 Å². The van der Waals surface area contributed by atoms with E-state index in [1.165, 1.54) is 6.07 Å². The van der Waals surface area contributed by atoms with Crippen molar-refractivity contribution in [3.05, 3.63) is 72.0 Å². The van der Waals surface area contributed by atoms with Gasteiger partial charge in [0.05, 0.1) is 5.69 Å². The van der Waals surface area contributed by atoms with Crippen molar-refractivity contribution in [3.63, 3.8) is 0 Å². The molecule has 2 heterocycles. The van der Waals surface area contributed by atoms with E-state index in [4.69, 9.17) is 11.6 Å². The summed E-state index contributed by atoms with van der Waals surface area (Å²) in [5, 5.41) is 18.0. The third-order valence-corrected chi connectivity index (χ3v) is 4.16. The molecule has 2 aromatic carbocycles. The number of anilines is 2. The Labute approximate surface area is 161 Å². The average Bonchev–Trinajstić information content (AvgIpc) is 3.04. The molecule has 2 aromatic heterocycles. The summed E-state index contributed by atoms with van der Waals surface area (Å²) in [6.45, 7) is 0. The molecular formula is C20H16ClN5O. The Kier molecular flexibility index (Phi) is 4.48. The zero-order chi connectivity index (χ0) is 18.8. The van der Waals surface area contributed by atoms with Gasteiger partial charge in [-0.3, -0.25) is 4.68 Å². The van der Waals surface area contributed by atoms with Crippen molar-refractivity contribution in [1.29, 1.82) is 0 Å². The van der Waals surface area contributed by atoms with Crippen molar-refractivity contribution in [2.24, 2.45) is 7.05 Å². The lowest BCUT2D eigenvalue weighted by atomic mass is 10.1. The van der Waals surface area contributed by atoms with E-state index >= 15 is 0 Å². The van der Waals surface area contributed by atoms with E-state index in [1.807, 2.05) is 49.6 Å². The molecule has 0 spiro atoms. The maximum atomic E-state index is 9.88. The quantitative estimate of drug-likeness (QED) is 0.541. The van der Waals surface area contributed by atoms with Crippen molar-refractivity contribution < 1.29 is 5.11 Å². The largest absolute Gasteiger partial charge is 0.508 e. The zero-order valence-electron chi connectivity index (χ0n) is 14.5. The lowest BCUT2D eigenvalue weighted by molar-refractivity contribution is 0.475. The van der Waals surface area contributed by atoms with E-state index in [0.29, 0.717) is 27.9 Å². The fourth-order valence-corrected chi connectivity index (χ4v) is 3.05. The number of halogens is 1. The van der Waals surface area contributed by atoms with Crippen molar-refractivity contribution >= 4 is 23.2 Å².